The van der Waals surface area contributed by atoms with Crippen LogP contribution in [0, 0.1) is 0 Å². The van der Waals surface area contributed by atoms with Crippen molar-refractivity contribution in [2.24, 2.45) is 0 Å². The van der Waals surface area contributed by atoms with Crippen LogP contribution in [-0.4, -0.2) is 40.0 Å². The van der Waals surface area contributed by atoms with Gasteiger partial charge in [-0.25, -0.2) is 0 Å². The standard InChI is InChI=1S/C24H25N5O2S/c1-3-28(2)20-12-7-11-19(15-20)25-22(30)17-32-24-27-26-23(21-13-8-14-31-21)29(24)16-18-9-5-4-6-10-18/h4-15H,3,16-17H2,1-2H3,(H,25,30). The molecule has 2 heterocycles. The topological polar surface area (TPSA) is 76.2 Å². The van der Waals surface area contributed by atoms with Gasteiger partial charge in [-0.05, 0) is 42.8 Å². The second-order valence-corrected chi connectivity index (χ2v) is 8.20. The van der Waals surface area contributed by atoms with Gasteiger partial charge in [0.05, 0.1) is 18.6 Å². The summed E-state index contributed by atoms with van der Waals surface area (Å²) in [6.07, 6.45) is 1.61. The van der Waals surface area contributed by atoms with Crippen molar-refractivity contribution < 1.29 is 9.21 Å². The molecular formula is C24H25N5O2S. The Hall–Kier alpha value is -3.52. The van der Waals surface area contributed by atoms with Gasteiger partial charge in [0.2, 0.25) is 11.7 Å². The summed E-state index contributed by atoms with van der Waals surface area (Å²) in [6.45, 7) is 3.56. The fourth-order valence-electron chi connectivity index (χ4n) is 3.22. The molecule has 7 nitrogen and oxygen atoms in total. The van der Waals surface area contributed by atoms with Crippen LogP contribution in [0.5, 0.6) is 0 Å². The number of thioether (sulfide) groups is 1. The van der Waals surface area contributed by atoms with E-state index in [4.69, 9.17) is 4.42 Å². The third kappa shape index (κ3) is 5.20. The van der Waals surface area contributed by atoms with Crippen LogP contribution in [-0.2, 0) is 11.3 Å². The van der Waals surface area contributed by atoms with Gasteiger partial charge in [0.1, 0.15) is 0 Å². The highest BCUT2D eigenvalue weighted by Crippen LogP contribution is 2.26. The van der Waals surface area contributed by atoms with E-state index in [1.54, 1.807) is 6.26 Å². The molecule has 0 atom stereocenters. The fourth-order valence-corrected chi connectivity index (χ4v) is 3.96. The van der Waals surface area contributed by atoms with E-state index in [9.17, 15) is 4.79 Å². The molecule has 0 aliphatic rings. The maximum Gasteiger partial charge on any atom is 0.234 e. The maximum absolute atomic E-state index is 12.6. The summed E-state index contributed by atoms with van der Waals surface area (Å²) in [6, 6.07) is 21.6. The molecule has 8 heteroatoms. The highest BCUT2D eigenvalue weighted by atomic mass is 32.2. The SMILES string of the molecule is CCN(C)c1cccc(NC(=O)CSc2nnc(-c3ccco3)n2Cc2ccccc2)c1. The van der Waals surface area contributed by atoms with Crippen LogP contribution < -0.4 is 10.2 Å². The molecule has 164 valence electrons. The number of hydrogen-bond acceptors (Lipinski definition) is 6. The van der Waals surface area contributed by atoms with Gasteiger partial charge >= 0.3 is 0 Å². The van der Waals surface area contributed by atoms with Crippen molar-refractivity contribution in [3.8, 4) is 11.6 Å². The Morgan fingerprint density at radius 3 is 2.69 bits per heavy atom. The average molecular weight is 448 g/mol. The minimum absolute atomic E-state index is 0.0971. The van der Waals surface area contributed by atoms with Gasteiger partial charge in [-0.15, -0.1) is 10.2 Å². The van der Waals surface area contributed by atoms with Crippen LogP contribution in [0.3, 0.4) is 0 Å². The Morgan fingerprint density at radius 1 is 1.09 bits per heavy atom. The van der Waals surface area contributed by atoms with Crippen LogP contribution in [0.2, 0.25) is 0 Å². The molecule has 0 spiro atoms. The molecular weight excluding hydrogens is 422 g/mol. The Kier molecular flexibility index (Phi) is 6.91. The summed E-state index contributed by atoms with van der Waals surface area (Å²) in [4.78, 5) is 14.7. The zero-order chi connectivity index (χ0) is 22.3. The summed E-state index contributed by atoms with van der Waals surface area (Å²) in [7, 11) is 2.02. The second kappa shape index (κ2) is 10.2. The molecule has 0 fully saturated rings. The van der Waals surface area contributed by atoms with E-state index in [-0.39, 0.29) is 11.7 Å². The minimum atomic E-state index is -0.0971. The molecule has 0 saturated carbocycles. The number of nitrogens with one attached hydrogen (secondary N) is 1. The lowest BCUT2D eigenvalue weighted by Gasteiger charge is -2.17. The summed E-state index contributed by atoms with van der Waals surface area (Å²) >= 11 is 1.35. The first kappa shape index (κ1) is 21.7. The van der Waals surface area contributed by atoms with Crippen molar-refractivity contribution in [1.29, 1.82) is 0 Å². The summed E-state index contributed by atoms with van der Waals surface area (Å²) in [5.41, 5.74) is 2.95. The number of aromatic nitrogens is 3. The van der Waals surface area contributed by atoms with Crippen molar-refractivity contribution in [3.05, 3.63) is 78.6 Å². The second-order valence-electron chi connectivity index (χ2n) is 7.26. The van der Waals surface area contributed by atoms with Gasteiger partial charge in [-0.1, -0.05) is 48.2 Å². The molecule has 0 aliphatic carbocycles. The summed E-state index contributed by atoms with van der Waals surface area (Å²) < 4.78 is 7.51. The highest BCUT2D eigenvalue weighted by molar-refractivity contribution is 7.99. The molecule has 0 bridgehead atoms. The van der Waals surface area contributed by atoms with E-state index in [2.05, 4.69) is 27.3 Å². The number of amides is 1. The Balaban J connectivity index is 1.48. The number of furan rings is 1. The van der Waals surface area contributed by atoms with Crippen molar-refractivity contribution in [1.82, 2.24) is 14.8 Å². The first-order chi connectivity index (χ1) is 15.6. The summed E-state index contributed by atoms with van der Waals surface area (Å²) in [5.74, 6) is 1.40. The molecule has 1 amide bonds. The number of benzene rings is 2. The van der Waals surface area contributed by atoms with Crippen LogP contribution in [0.1, 0.15) is 12.5 Å². The molecule has 4 rings (SSSR count). The van der Waals surface area contributed by atoms with Gasteiger partial charge in [0.25, 0.3) is 0 Å². The molecule has 0 unspecified atom stereocenters. The number of anilines is 2. The lowest BCUT2D eigenvalue weighted by atomic mass is 10.2. The largest absolute Gasteiger partial charge is 0.461 e. The Bertz CT molecular complexity index is 1160. The molecule has 2 aromatic heterocycles. The van der Waals surface area contributed by atoms with Crippen molar-refractivity contribution in [2.45, 2.75) is 18.6 Å². The molecule has 1 N–H and O–H groups in total. The third-order valence-corrected chi connectivity index (χ3v) is 5.99. The van der Waals surface area contributed by atoms with Gasteiger partial charge < -0.3 is 14.6 Å². The lowest BCUT2D eigenvalue weighted by molar-refractivity contribution is -0.113. The molecule has 2 aromatic carbocycles. The maximum atomic E-state index is 12.6. The predicted molar refractivity (Wildman–Crippen MR) is 128 cm³/mol. The van der Waals surface area contributed by atoms with Gasteiger partial charge in [-0.2, -0.15) is 0 Å². The first-order valence-corrected chi connectivity index (χ1v) is 11.4. The molecule has 0 aliphatic heterocycles. The number of carbonyl (C=O) groups excluding carboxylic acids is 1. The van der Waals surface area contributed by atoms with E-state index >= 15 is 0 Å². The van der Waals surface area contributed by atoms with E-state index in [1.807, 2.05) is 78.3 Å². The highest BCUT2D eigenvalue weighted by Gasteiger charge is 2.18. The number of nitrogens with zero attached hydrogens (tertiary/aromatic N) is 4. The Labute approximate surface area is 191 Å². The number of rotatable bonds is 9. The quantitative estimate of drug-likeness (QED) is 0.372. The van der Waals surface area contributed by atoms with Crippen molar-refractivity contribution in [3.63, 3.8) is 0 Å². The average Bonchev–Trinajstić information content (AvgIpc) is 3.48. The minimum Gasteiger partial charge on any atom is -0.461 e. The lowest BCUT2D eigenvalue weighted by Crippen LogP contribution is -2.17. The molecule has 0 radical (unpaired) electrons. The van der Waals surface area contributed by atoms with Crippen molar-refractivity contribution in [2.75, 3.05) is 29.6 Å². The summed E-state index contributed by atoms with van der Waals surface area (Å²) in [5, 5.41) is 12.3. The van der Waals surface area contributed by atoms with E-state index < -0.39 is 0 Å². The zero-order valence-electron chi connectivity index (χ0n) is 18.1. The molecule has 4 aromatic rings. The van der Waals surface area contributed by atoms with E-state index in [1.165, 1.54) is 11.8 Å². The van der Waals surface area contributed by atoms with Crippen LogP contribution in [0.15, 0.2) is 82.6 Å². The number of carbonyl (C=O) groups is 1. The monoisotopic (exact) mass is 447 g/mol. The van der Waals surface area contributed by atoms with Crippen LogP contribution in [0.4, 0.5) is 11.4 Å². The zero-order valence-corrected chi connectivity index (χ0v) is 18.9. The first-order valence-electron chi connectivity index (χ1n) is 10.4. The Morgan fingerprint density at radius 2 is 1.94 bits per heavy atom. The fraction of sp³-hybridized carbons (Fsp3) is 0.208. The van der Waals surface area contributed by atoms with E-state index in [0.29, 0.717) is 23.3 Å². The van der Waals surface area contributed by atoms with Crippen molar-refractivity contribution >= 4 is 29.0 Å². The van der Waals surface area contributed by atoms with Crippen LogP contribution >= 0.6 is 11.8 Å². The number of hydrogen-bond donors (Lipinski definition) is 1. The molecule has 32 heavy (non-hydrogen) atoms. The van der Waals surface area contributed by atoms with Crippen LogP contribution in [0.25, 0.3) is 11.6 Å². The normalized spacial score (nSPS) is 10.8. The van der Waals surface area contributed by atoms with Gasteiger partial charge in [-0.3, -0.25) is 9.36 Å². The van der Waals surface area contributed by atoms with E-state index in [0.717, 1.165) is 23.5 Å². The van der Waals surface area contributed by atoms with Gasteiger partial charge in [0.15, 0.2) is 10.9 Å². The van der Waals surface area contributed by atoms with Gasteiger partial charge in [0, 0.05) is 25.0 Å². The predicted octanol–water partition coefficient (Wildman–Crippen LogP) is 4.77. The third-order valence-electron chi connectivity index (χ3n) is 5.02. The molecule has 0 saturated heterocycles. The smallest absolute Gasteiger partial charge is 0.234 e.